The molecule has 2 N–H and O–H groups in total. The second-order valence-electron chi connectivity index (χ2n) is 2.49. The molecule has 0 radical (unpaired) electrons. The monoisotopic (exact) mass is 227 g/mol. The summed E-state index contributed by atoms with van der Waals surface area (Å²) < 4.78 is 0. The third-order valence-corrected chi connectivity index (χ3v) is 2.99. The first kappa shape index (κ1) is 9.39. The summed E-state index contributed by atoms with van der Waals surface area (Å²) in [4.78, 5) is 8.04. The molecule has 0 fully saturated rings. The third kappa shape index (κ3) is 1.70. The van der Waals surface area contributed by atoms with E-state index in [1.54, 1.807) is 12.4 Å². The zero-order valence-corrected chi connectivity index (χ0v) is 8.51. The number of halogens is 1. The Morgan fingerprint density at radius 2 is 2.36 bits per heavy atom. The quantitative estimate of drug-likeness (QED) is 0.775. The van der Waals surface area contributed by atoms with Gasteiger partial charge in [-0.25, -0.2) is 4.98 Å². The number of hydrogen-bond donors (Lipinski definition) is 2. The van der Waals surface area contributed by atoms with Crippen molar-refractivity contribution in [3.8, 4) is 10.6 Å². The zero-order chi connectivity index (χ0) is 9.97. The SMILES string of the molecule is ONc1sc(-c2cccnc2)nc1Cl. The van der Waals surface area contributed by atoms with Crippen molar-refractivity contribution in [2.75, 3.05) is 5.48 Å². The molecule has 0 aliphatic carbocycles. The molecule has 6 heteroatoms. The number of hydrogen-bond acceptors (Lipinski definition) is 5. The van der Waals surface area contributed by atoms with Crippen LogP contribution in [0.5, 0.6) is 0 Å². The Bertz CT molecular complexity index is 431. The molecule has 0 unspecified atom stereocenters. The molecule has 2 aromatic rings. The highest BCUT2D eigenvalue weighted by Crippen LogP contribution is 2.33. The van der Waals surface area contributed by atoms with Crippen molar-refractivity contribution < 1.29 is 5.21 Å². The molecule has 0 bridgehead atoms. The van der Waals surface area contributed by atoms with E-state index in [0.717, 1.165) is 10.6 Å². The first-order valence-electron chi connectivity index (χ1n) is 3.78. The summed E-state index contributed by atoms with van der Waals surface area (Å²) in [7, 11) is 0. The molecule has 2 heterocycles. The van der Waals surface area contributed by atoms with E-state index in [1.807, 2.05) is 17.6 Å². The van der Waals surface area contributed by atoms with Crippen LogP contribution >= 0.6 is 22.9 Å². The average Bonchev–Trinajstić information content (AvgIpc) is 2.61. The molecule has 2 rings (SSSR count). The minimum Gasteiger partial charge on any atom is -0.290 e. The van der Waals surface area contributed by atoms with Gasteiger partial charge in [-0.15, -0.1) is 0 Å². The lowest BCUT2D eigenvalue weighted by atomic mass is 10.3. The predicted molar refractivity (Wildman–Crippen MR) is 55.8 cm³/mol. The Morgan fingerprint density at radius 3 is 2.93 bits per heavy atom. The second kappa shape index (κ2) is 3.91. The molecule has 14 heavy (non-hydrogen) atoms. The number of pyridine rings is 1. The highest BCUT2D eigenvalue weighted by atomic mass is 35.5. The Morgan fingerprint density at radius 1 is 1.50 bits per heavy atom. The zero-order valence-electron chi connectivity index (χ0n) is 6.94. The predicted octanol–water partition coefficient (Wildman–Crippen LogP) is 2.66. The van der Waals surface area contributed by atoms with Crippen LogP contribution in [-0.4, -0.2) is 15.2 Å². The highest BCUT2D eigenvalue weighted by Gasteiger charge is 2.09. The van der Waals surface area contributed by atoms with E-state index < -0.39 is 0 Å². The Balaban J connectivity index is 2.43. The van der Waals surface area contributed by atoms with Crippen LogP contribution < -0.4 is 5.48 Å². The van der Waals surface area contributed by atoms with Crippen molar-refractivity contribution in [2.24, 2.45) is 0 Å². The van der Waals surface area contributed by atoms with Crippen molar-refractivity contribution in [3.05, 3.63) is 29.7 Å². The van der Waals surface area contributed by atoms with E-state index in [4.69, 9.17) is 16.8 Å². The van der Waals surface area contributed by atoms with Crippen LogP contribution in [0.3, 0.4) is 0 Å². The summed E-state index contributed by atoms with van der Waals surface area (Å²) in [5, 5.41) is 10.1. The molecule has 0 aliphatic rings. The van der Waals surface area contributed by atoms with Gasteiger partial charge < -0.3 is 0 Å². The van der Waals surface area contributed by atoms with Gasteiger partial charge in [0.15, 0.2) is 10.2 Å². The van der Waals surface area contributed by atoms with E-state index >= 15 is 0 Å². The van der Waals surface area contributed by atoms with Gasteiger partial charge in [0, 0.05) is 18.0 Å². The Labute approximate surface area is 89.2 Å². The molecule has 0 amide bonds. The molecule has 4 nitrogen and oxygen atoms in total. The maximum atomic E-state index is 8.70. The molecule has 2 aromatic heterocycles. The molecule has 0 atom stereocenters. The minimum absolute atomic E-state index is 0.261. The molecular formula is C8H6ClN3OS. The topological polar surface area (TPSA) is 58.0 Å². The molecule has 0 spiro atoms. The van der Waals surface area contributed by atoms with E-state index in [2.05, 4.69) is 9.97 Å². The lowest BCUT2D eigenvalue weighted by molar-refractivity contribution is 0.391. The minimum atomic E-state index is 0.261. The summed E-state index contributed by atoms with van der Waals surface area (Å²) in [6, 6.07) is 3.69. The van der Waals surface area contributed by atoms with Gasteiger partial charge in [0.25, 0.3) is 0 Å². The van der Waals surface area contributed by atoms with Crippen molar-refractivity contribution >= 4 is 27.9 Å². The van der Waals surface area contributed by atoms with E-state index in [0.29, 0.717) is 5.00 Å². The van der Waals surface area contributed by atoms with Crippen LogP contribution in [0.25, 0.3) is 10.6 Å². The second-order valence-corrected chi connectivity index (χ2v) is 3.85. The van der Waals surface area contributed by atoms with Crippen LogP contribution in [0, 0.1) is 0 Å². The van der Waals surface area contributed by atoms with Gasteiger partial charge in [0.2, 0.25) is 0 Å². The van der Waals surface area contributed by atoms with Gasteiger partial charge in [-0.2, -0.15) is 0 Å². The molecule has 72 valence electrons. The van der Waals surface area contributed by atoms with Gasteiger partial charge in [-0.1, -0.05) is 22.9 Å². The molecule has 0 aromatic carbocycles. The molecule has 0 aliphatic heterocycles. The lowest BCUT2D eigenvalue weighted by Crippen LogP contribution is -1.84. The fourth-order valence-corrected chi connectivity index (χ4v) is 2.02. The fraction of sp³-hybridized carbons (Fsp3) is 0. The van der Waals surface area contributed by atoms with Gasteiger partial charge in [-0.05, 0) is 12.1 Å². The number of rotatable bonds is 2. The van der Waals surface area contributed by atoms with Crippen LogP contribution in [0.2, 0.25) is 5.15 Å². The van der Waals surface area contributed by atoms with Crippen molar-refractivity contribution in [1.29, 1.82) is 0 Å². The summed E-state index contributed by atoms with van der Waals surface area (Å²) in [6.07, 6.45) is 3.38. The van der Waals surface area contributed by atoms with Gasteiger partial charge in [0.1, 0.15) is 5.01 Å². The third-order valence-electron chi connectivity index (χ3n) is 1.60. The maximum absolute atomic E-state index is 8.70. The van der Waals surface area contributed by atoms with Crippen LogP contribution in [-0.2, 0) is 0 Å². The van der Waals surface area contributed by atoms with Crippen molar-refractivity contribution in [1.82, 2.24) is 9.97 Å². The number of thiazole rings is 1. The fourth-order valence-electron chi connectivity index (χ4n) is 0.983. The first-order valence-corrected chi connectivity index (χ1v) is 4.97. The van der Waals surface area contributed by atoms with Crippen LogP contribution in [0.4, 0.5) is 5.00 Å². The van der Waals surface area contributed by atoms with Crippen LogP contribution in [0.15, 0.2) is 24.5 Å². The van der Waals surface area contributed by atoms with Crippen molar-refractivity contribution in [3.63, 3.8) is 0 Å². The smallest absolute Gasteiger partial charge is 0.166 e. The summed E-state index contributed by atoms with van der Waals surface area (Å²) in [6.45, 7) is 0. The largest absolute Gasteiger partial charge is 0.290 e. The maximum Gasteiger partial charge on any atom is 0.166 e. The van der Waals surface area contributed by atoms with Gasteiger partial charge in [-0.3, -0.25) is 15.7 Å². The normalized spacial score (nSPS) is 10.1. The summed E-state index contributed by atoms with van der Waals surface area (Å²) in [5.41, 5.74) is 2.86. The number of nitrogens with one attached hydrogen (secondary N) is 1. The number of anilines is 1. The highest BCUT2D eigenvalue weighted by molar-refractivity contribution is 7.19. The average molecular weight is 228 g/mol. The lowest BCUT2D eigenvalue weighted by Gasteiger charge is -1.91. The molecule has 0 saturated carbocycles. The molecular weight excluding hydrogens is 222 g/mol. The van der Waals surface area contributed by atoms with Gasteiger partial charge in [0.05, 0.1) is 0 Å². The summed E-state index contributed by atoms with van der Waals surface area (Å²) in [5.74, 6) is 0. The Kier molecular flexibility index (Phi) is 2.62. The summed E-state index contributed by atoms with van der Waals surface area (Å²) >= 11 is 7.02. The van der Waals surface area contributed by atoms with E-state index in [1.165, 1.54) is 11.3 Å². The van der Waals surface area contributed by atoms with Crippen LogP contribution in [0.1, 0.15) is 0 Å². The number of aromatic nitrogens is 2. The van der Waals surface area contributed by atoms with E-state index in [-0.39, 0.29) is 5.15 Å². The van der Waals surface area contributed by atoms with Gasteiger partial charge >= 0.3 is 0 Å². The van der Waals surface area contributed by atoms with Crippen molar-refractivity contribution in [2.45, 2.75) is 0 Å². The standard InChI is InChI=1S/C8H6ClN3OS/c9-6-8(12-13)14-7(11-6)5-2-1-3-10-4-5/h1-4,12-13H. The first-order chi connectivity index (χ1) is 6.81. The van der Waals surface area contributed by atoms with E-state index in [9.17, 15) is 0 Å². The number of nitrogens with zero attached hydrogens (tertiary/aromatic N) is 2. The Hall–Kier alpha value is -1.17. The molecule has 0 saturated heterocycles.